The molecule has 3 aromatic carbocycles. The van der Waals surface area contributed by atoms with Gasteiger partial charge in [0.25, 0.3) is 11.0 Å². The van der Waals surface area contributed by atoms with Crippen molar-refractivity contribution in [1.29, 1.82) is 0 Å². The van der Waals surface area contributed by atoms with Gasteiger partial charge in [-0.2, -0.15) is 13.2 Å². The van der Waals surface area contributed by atoms with Gasteiger partial charge in [0, 0.05) is 28.0 Å². The number of nitrogens with one attached hydrogen (secondary N) is 1. The number of thioether (sulfide) groups is 1. The molecule has 1 aromatic heterocycles. The van der Waals surface area contributed by atoms with Gasteiger partial charge in [-0.05, 0) is 71.4 Å². The van der Waals surface area contributed by atoms with Gasteiger partial charge in [0.05, 0.1) is 5.69 Å². The summed E-state index contributed by atoms with van der Waals surface area (Å²) in [7, 11) is 0. The van der Waals surface area contributed by atoms with E-state index < -0.39 is 16.7 Å². The molecule has 0 radical (unpaired) electrons. The summed E-state index contributed by atoms with van der Waals surface area (Å²) in [5.41, 5.74) is 2.17. The van der Waals surface area contributed by atoms with Crippen LogP contribution in [0.2, 0.25) is 0 Å². The second kappa shape index (κ2) is 10.8. The topological polar surface area (TPSA) is 72.2 Å². The van der Waals surface area contributed by atoms with Gasteiger partial charge in [0.2, 0.25) is 5.89 Å². The highest BCUT2D eigenvalue weighted by Crippen LogP contribution is 2.32. The van der Waals surface area contributed by atoms with E-state index in [0.29, 0.717) is 33.8 Å². The summed E-state index contributed by atoms with van der Waals surface area (Å²) in [5.74, 6) is -0.375. The number of carbonyl (C=O) groups is 2. The van der Waals surface area contributed by atoms with Crippen molar-refractivity contribution in [2.24, 2.45) is 0 Å². The zero-order valence-corrected chi connectivity index (χ0v) is 21.1. The van der Waals surface area contributed by atoms with E-state index in [9.17, 15) is 27.2 Å². The zero-order valence-electron chi connectivity index (χ0n) is 20.3. The fourth-order valence-corrected chi connectivity index (χ4v) is 4.21. The maximum atomic E-state index is 13.2. The van der Waals surface area contributed by atoms with Crippen molar-refractivity contribution in [1.82, 2.24) is 10.3 Å². The molecule has 4 aromatic rings. The number of nitrogens with zero attached hydrogens (tertiary/aromatic N) is 1. The number of halogens is 4. The van der Waals surface area contributed by atoms with Crippen molar-refractivity contribution in [2.45, 2.75) is 30.3 Å². The van der Waals surface area contributed by atoms with Crippen molar-refractivity contribution in [2.75, 3.05) is 6.54 Å². The first-order valence-electron chi connectivity index (χ1n) is 11.4. The van der Waals surface area contributed by atoms with Gasteiger partial charge < -0.3 is 9.73 Å². The van der Waals surface area contributed by atoms with Crippen LogP contribution in [0, 0.1) is 5.82 Å². The second-order valence-corrected chi connectivity index (χ2v) is 10.2. The van der Waals surface area contributed by atoms with Gasteiger partial charge >= 0.3 is 6.18 Å². The van der Waals surface area contributed by atoms with Gasteiger partial charge in [-0.1, -0.05) is 38.1 Å². The number of carbonyl (C=O) groups excluding carboxylic acids is 2. The van der Waals surface area contributed by atoms with Crippen molar-refractivity contribution < 1.29 is 31.6 Å². The van der Waals surface area contributed by atoms with E-state index in [4.69, 9.17) is 4.42 Å². The highest BCUT2D eigenvalue weighted by molar-refractivity contribution is 8.13. The largest absolute Gasteiger partial charge is 0.461 e. The summed E-state index contributed by atoms with van der Waals surface area (Å²) in [5, 5.41) is 0.982. The van der Waals surface area contributed by atoms with Crippen molar-refractivity contribution in [3.8, 4) is 22.6 Å². The Morgan fingerprint density at radius 2 is 1.58 bits per heavy atom. The molecule has 10 heteroatoms. The molecule has 0 saturated heterocycles. The Hall–Kier alpha value is -3.92. The molecular weight excluding hydrogens is 520 g/mol. The zero-order chi connectivity index (χ0) is 27.5. The maximum absolute atomic E-state index is 13.2. The molecule has 0 aliphatic rings. The number of rotatable bonds is 7. The third kappa shape index (κ3) is 6.49. The van der Waals surface area contributed by atoms with E-state index in [1.807, 2.05) is 13.8 Å². The Balaban J connectivity index is 1.44. The Bertz CT molecular complexity index is 1460. The minimum Gasteiger partial charge on any atom is -0.444 e. The molecule has 1 N–H and O–H groups in total. The molecule has 0 saturated carbocycles. The minimum absolute atomic E-state index is 0.106. The second-order valence-electron chi connectivity index (χ2n) is 9.11. The Kier molecular flexibility index (Phi) is 7.73. The van der Waals surface area contributed by atoms with Gasteiger partial charge in [0.15, 0.2) is 0 Å². The molecule has 5 nitrogen and oxygen atoms in total. The number of benzene rings is 3. The maximum Gasteiger partial charge on any atom is 0.461 e. The van der Waals surface area contributed by atoms with Crippen LogP contribution in [-0.2, 0) is 10.2 Å². The third-order valence-electron chi connectivity index (χ3n) is 5.71. The van der Waals surface area contributed by atoms with Gasteiger partial charge in [0.1, 0.15) is 12.1 Å². The smallest absolute Gasteiger partial charge is 0.444 e. The van der Waals surface area contributed by atoms with Crippen LogP contribution < -0.4 is 5.32 Å². The number of hydrogen-bond donors (Lipinski definition) is 1. The summed E-state index contributed by atoms with van der Waals surface area (Å²) < 4.78 is 56.6. The average molecular weight is 543 g/mol. The minimum atomic E-state index is -4.93. The molecule has 38 heavy (non-hydrogen) atoms. The van der Waals surface area contributed by atoms with Crippen molar-refractivity contribution in [3.05, 3.63) is 96.1 Å². The van der Waals surface area contributed by atoms with E-state index in [-0.39, 0.29) is 34.9 Å². The lowest BCUT2D eigenvalue weighted by Gasteiger charge is -2.22. The standard InChI is InChI=1S/C28H22F4N2O3S/c1-27(2,23-15-37-25(34-23)17-9-11-21(29)12-10-17)16-33-24(35)20-7-3-5-18(13-20)19-6-4-8-22(14-19)38-26(36)28(30,31)32/h3-15H,16H2,1-2H3,(H,33,35). The fraction of sp³-hybridized carbons (Fsp3) is 0.179. The lowest BCUT2D eigenvalue weighted by atomic mass is 9.90. The van der Waals surface area contributed by atoms with Crippen LogP contribution in [0.15, 0.2) is 88.4 Å². The van der Waals surface area contributed by atoms with Crippen molar-refractivity contribution >= 4 is 22.8 Å². The molecule has 0 atom stereocenters. The quantitative estimate of drug-likeness (QED) is 0.200. The summed E-state index contributed by atoms with van der Waals surface area (Å²) in [4.78, 5) is 28.9. The number of hydrogen-bond acceptors (Lipinski definition) is 5. The average Bonchev–Trinajstić information content (AvgIpc) is 3.39. The first-order chi connectivity index (χ1) is 17.9. The lowest BCUT2D eigenvalue weighted by Crippen LogP contribution is -2.37. The fourth-order valence-electron chi connectivity index (χ4n) is 3.55. The molecule has 1 amide bonds. The van der Waals surface area contributed by atoms with E-state index >= 15 is 0 Å². The summed E-state index contributed by atoms with van der Waals surface area (Å²) in [6.07, 6.45) is -3.43. The Morgan fingerprint density at radius 1 is 0.921 bits per heavy atom. The normalized spacial score (nSPS) is 11.8. The lowest BCUT2D eigenvalue weighted by molar-refractivity contribution is -0.160. The highest BCUT2D eigenvalue weighted by atomic mass is 32.2. The molecule has 4 rings (SSSR count). The van der Waals surface area contributed by atoms with E-state index in [1.165, 1.54) is 30.5 Å². The molecule has 0 spiro atoms. The van der Waals surface area contributed by atoms with E-state index in [2.05, 4.69) is 10.3 Å². The summed E-state index contributed by atoms with van der Waals surface area (Å²) in [6.45, 7) is 4.01. The van der Waals surface area contributed by atoms with Crippen LogP contribution >= 0.6 is 11.8 Å². The SMILES string of the molecule is CC(C)(CNC(=O)c1cccc(-c2cccc(SC(=O)C(F)(F)F)c2)c1)c1coc(-c2ccc(F)cc2)n1. The molecule has 1 heterocycles. The first kappa shape index (κ1) is 27.1. The number of aromatic nitrogens is 1. The molecule has 0 fully saturated rings. The monoisotopic (exact) mass is 542 g/mol. The molecular formula is C28H22F4N2O3S. The van der Waals surface area contributed by atoms with Crippen LogP contribution in [0.1, 0.15) is 29.9 Å². The predicted molar refractivity (Wildman–Crippen MR) is 136 cm³/mol. The molecule has 0 unspecified atom stereocenters. The van der Waals surface area contributed by atoms with Crippen LogP contribution in [0.25, 0.3) is 22.6 Å². The van der Waals surface area contributed by atoms with Crippen LogP contribution in [0.3, 0.4) is 0 Å². The highest BCUT2D eigenvalue weighted by Gasteiger charge is 2.39. The van der Waals surface area contributed by atoms with E-state index in [0.717, 1.165) is 0 Å². The molecule has 0 bridgehead atoms. The van der Waals surface area contributed by atoms with Crippen LogP contribution in [-0.4, -0.2) is 28.7 Å². The van der Waals surface area contributed by atoms with Gasteiger partial charge in [-0.15, -0.1) is 0 Å². The van der Waals surface area contributed by atoms with Crippen molar-refractivity contribution in [3.63, 3.8) is 0 Å². The van der Waals surface area contributed by atoms with Crippen LogP contribution in [0.5, 0.6) is 0 Å². The number of oxazole rings is 1. The van der Waals surface area contributed by atoms with Gasteiger partial charge in [-0.3, -0.25) is 9.59 Å². The molecule has 196 valence electrons. The third-order valence-corrected chi connectivity index (χ3v) is 6.62. The number of amides is 1. The molecule has 0 aliphatic carbocycles. The van der Waals surface area contributed by atoms with Gasteiger partial charge in [-0.25, -0.2) is 9.37 Å². The van der Waals surface area contributed by atoms with Crippen LogP contribution in [0.4, 0.5) is 17.6 Å². The predicted octanol–water partition coefficient (Wildman–Crippen LogP) is 7.04. The first-order valence-corrected chi connectivity index (χ1v) is 12.2. The van der Waals surface area contributed by atoms with E-state index in [1.54, 1.807) is 48.5 Å². The number of alkyl halides is 3. The molecule has 0 aliphatic heterocycles. The Morgan fingerprint density at radius 3 is 2.26 bits per heavy atom. The summed E-state index contributed by atoms with van der Waals surface area (Å²) in [6, 6.07) is 18.5. The summed E-state index contributed by atoms with van der Waals surface area (Å²) >= 11 is 0.106. The Labute approximate surface area is 220 Å².